The molecular formula is C9H14N2O2. The predicted molar refractivity (Wildman–Crippen MR) is 48.5 cm³/mol. The van der Waals surface area contributed by atoms with Crippen molar-refractivity contribution in [3.05, 3.63) is 17.5 Å². The lowest BCUT2D eigenvalue weighted by atomic mass is 10.2. The summed E-state index contributed by atoms with van der Waals surface area (Å²) >= 11 is 0. The Morgan fingerprint density at radius 3 is 3.31 bits per heavy atom. The van der Waals surface area contributed by atoms with Gasteiger partial charge in [-0.15, -0.1) is 0 Å². The maximum absolute atomic E-state index is 11.5. The maximum atomic E-state index is 11.5. The number of methoxy groups -OCH3 is 1. The van der Waals surface area contributed by atoms with Crippen molar-refractivity contribution in [3.63, 3.8) is 0 Å². The Kier molecular flexibility index (Phi) is 1.50. The van der Waals surface area contributed by atoms with Crippen LogP contribution in [0.15, 0.2) is 6.07 Å². The van der Waals surface area contributed by atoms with Crippen molar-refractivity contribution >= 4 is 5.97 Å². The number of aromatic nitrogens is 2. The fourth-order valence-corrected chi connectivity index (χ4v) is 0.978. The first-order chi connectivity index (χ1) is 8.07. The van der Waals surface area contributed by atoms with Crippen molar-refractivity contribution < 1.29 is 16.4 Å². The van der Waals surface area contributed by atoms with Crippen LogP contribution in [0.2, 0.25) is 0 Å². The lowest BCUT2D eigenvalue weighted by molar-refractivity contribution is 0.0588. The van der Waals surface area contributed by atoms with E-state index in [2.05, 4.69) is 9.84 Å². The number of nitrogens with zero attached hydrogens (tertiary/aromatic N) is 2. The number of rotatable bonds is 3. The minimum absolute atomic E-state index is 0.0741. The summed E-state index contributed by atoms with van der Waals surface area (Å²) in [5, 5.41) is 3.86. The smallest absolute Gasteiger partial charge is 0.356 e. The van der Waals surface area contributed by atoms with Crippen LogP contribution in [0.3, 0.4) is 0 Å². The van der Waals surface area contributed by atoms with Gasteiger partial charge in [-0.3, -0.25) is 4.68 Å². The number of ether oxygens (including phenoxy) is 1. The van der Waals surface area contributed by atoms with E-state index in [1.165, 1.54) is 13.1 Å². The molecule has 0 aromatic carbocycles. The molecule has 0 fully saturated rings. The van der Waals surface area contributed by atoms with Gasteiger partial charge >= 0.3 is 5.97 Å². The Morgan fingerprint density at radius 1 is 1.92 bits per heavy atom. The van der Waals surface area contributed by atoms with E-state index in [0.29, 0.717) is 0 Å². The van der Waals surface area contributed by atoms with Crippen molar-refractivity contribution in [2.75, 3.05) is 7.04 Å². The molecule has 1 heterocycles. The van der Waals surface area contributed by atoms with Gasteiger partial charge in [0, 0.05) is 9.79 Å². The lowest BCUT2D eigenvalue weighted by Gasteiger charge is -1.96. The average Bonchev–Trinajstić information content (AvgIpc) is 2.58. The van der Waals surface area contributed by atoms with Gasteiger partial charge in [-0.05, 0) is 12.4 Å². The average molecular weight is 187 g/mol. The second-order valence-corrected chi connectivity index (χ2v) is 2.46. The molecule has 0 unspecified atom stereocenters. The van der Waals surface area contributed by atoms with Crippen molar-refractivity contribution in [2.45, 2.75) is 19.7 Å². The fraction of sp³-hybridized carbons (Fsp3) is 0.556. The van der Waals surface area contributed by atoms with Gasteiger partial charge in [0.2, 0.25) is 0 Å². The SMILES string of the molecule is [2H]C([2H])([2H])OC(=O)c1cc(C([2H])([2H])CC)nn1C. The molecule has 1 aromatic heterocycles. The van der Waals surface area contributed by atoms with E-state index in [-0.39, 0.29) is 17.8 Å². The Hall–Kier alpha value is -1.32. The van der Waals surface area contributed by atoms with Gasteiger partial charge in [0.1, 0.15) is 5.69 Å². The molecule has 0 aliphatic rings. The van der Waals surface area contributed by atoms with Crippen LogP contribution in [0, 0.1) is 0 Å². The molecule has 0 atom stereocenters. The summed E-state index contributed by atoms with van der Waals surface area (Å²) in [6.07, 6.45) is -1.48. The Bertz CT molecular complexity index is 452. The fourth-order valence-electron chi connectivity index (χ4n) is 0.978. The topological polar surface area (TPSA) is 44.1 Å². The number of hydrogen-bond acceptors (Lipinski definition) is 3. The third-order valence-corrected chi connectivity index (χ3v) is 1.54. The number of carbonyl (C=O) groups is 1. The molecular weight excluding hydrogens is 168 g/mol. The highest BCUT2D eigenvalue weighted by Crippen LogP contribution is 2.06. The van der Waals surface area contributed by atoms with E-state index >= 15 is 0 Å². The zero-order valence-electron chi connectivity index (χ0n) is 12.5. The maximum Gasteiger partial charge on any atom is 0.356 e. The van der Waals surface area contributed by atoms with Crippen molar-refractivity contribution in [2.24, 2.45) is 7.05 Å². The molecule has 0 amide bonds. The van der Waals surface area contributed by atoms with Crippen molar-refractivity contribution in [1.82, 2.24) is 9.78 Å². The third kappa shape index (κ3) is 2.08. The van der Waals surface area contributed by atoms with Gasteiger partial charge in [0.05, 0.1) is 16.8 Å². The Balaban J connectivity index is 3.02. The zero-order valence-corrected chi connectivity index (χ0v) is 7.50. The minimum Gasteiger partial charge on any atom is -0.464 e. The van der Waals surface area contributed by atoms with Crippen LogP contribution in [-0.4, -0.2) is 22.8 Å². The standard InChI is InChI=1S/C9H14N2O2/c1-4-5-7-6-8(9(12)13-3)11(2)10-7/h6H,4-5H2,1-3H3/i3D3,5D2. The minimum atomic E-state index is -2.83. The second-order valence-electron chi connectivity index (χ2n) is 2.46. The Labute approximate surface area is 84.5 Å². The molecule has 0 aliphatic carbocycles. The number of carbonyl (C=O) groups excluding carboxylic acids is 1. The second kappa shape index (κ2) is 4.07. The molecule has 0 saturated carbocycles. The molecule has 72 valence electrons. The highest BCUT2D eigenvalue weighted by molar-refractivity contribution is 5.87. The van der Waals surface area contributed by atoms with Crippen LogP contribution in [0.1, 0.15) is 36.4 Å². The Morgan fingerprint density at radius 2 is 2.69 bits per heavy atom. The molecule has 1 aromatic rings. The van der Waals surface area contributed by atoms with Crippen LogP contribution in [-0.2, 0) is 18.2 Å². The molecule has 0 aliphatic heterocycles. The van der Waals surface area contributed by atoms with Crippen LogP contribution >= 0.6 is 0 Å². The van der Waals surface area contributed by atoms with Crippen molar-refractivity contribution in [1.29, 1.82) is 0 Å². The summed E-state index contributed by atoms with van der Waals surface area (Å²) in [5.74, 6) is -1.05. The van der Waals surface area contributed by atoms with Gasteiger partial charge in [-0.1, -0.05) is 13.3 Å². The first-order valence-electron chi connectivity index (χ1n) is 6.34. The number of hydrogen-bond donors (Lipinski definition) is 0. The summed E-state index contributed by atoms with van der Waals surface area (Å²) in [6.45, 7) is 1.65. The summed E-state index contributed by atoms with van der Waals surface area (Å²) in [6, 6.07) is 1.21. The lowest BCUT2D eigenvalue weighted by Crippen LogP contribution is -2.07. The first kappa shape index (κ1) is 4.79. The molecule has 0 spiro atoms. The molecule has 0 N–H and O–H groups in total. The van der Waals surface area contributed by atoms with Gasteiger partial charge in [-0.25, -0.2) is 4.79 Å². The largest absolute Gasteiger partial charge is 0.464 e. The quantitative estimate of drug-likeness (QED) is 0.667. The number of esters is 1. The van der Waals surface area contributed by atoms with Crippen LogP contribution < -0.4 is 0 Å². The zero-order chi connectivity index (χ0) is 14.1. The van der Waals surface area contributed by atoms with E-state index in [9.17, 15) is 4.79 Å². The summed E-state index contributed by atoms with van der Waals surface area (Å²) in [4.78, 5) is 11.5. The summed E-state index contributed by atoms with van der Waals surface area (Å²) in [5.41, 5.74) is -0.0246. The monoisotopic (exact) mass is 187 g/mol. The highest BCUT2D eigenvalue weighted by atomic mass is 16.5. The molecule has 0 bridgehead atoms. The summed E-state index contributed by atoms with van der Waals surface area (Å²) in [7, 11) is -1.41. The molecule has 4 heteroatoms. The van der Waals surface area contributed by atoms with Gasteiger partial charge in [0.25, 0.3) is 0 Å². The highest BCUT2D eigenvalue weighted by Gasteiger charge is 2.12. The van der Waals surface area contributed by atoms with E-state index in [1.54, 1.807) is 6.92 Å². The van der Waals surface area contributed by atoms with Gasteiger partial charge < -0.3 is 4.74 Å². The van der Waals surface area contributed by atoms with Crippen LogP contribution in [0.5, 0.6) is 0 Å². The van der Waals surface area contributed by atoms with Gasteiger partial charge in [0.15, 0.2) is 0 Å². The normalized spacial score (nSPS) is 17.8. The van der Waals surface area contributed by atoms with E-state index in [0.717, 1.165) is 4.68 Å². The predicted octanol–water partition coefficient (Wildman–Crippen LogP) is 1.16. The number of aryl methyl sites for hydroxylation is 2. The molecule has 0 saturated heterocycles. The molecule has 13 heavy (non-hydrogen) atoms. The van der Waals surface area contributed by atoms with E-state index < -0.39 is 19.4 Å². The third-order valence-electron chi connectivity index (χ3n) is 1.54. The van der Waals surface area contributed by atoms with E-state index in [1.807, 2.05) is 0 Å². The summed E-state index contributed by atoms with van der Waals surface area (Å²) < 4.78 is 41.2. The van der Waals surface area contributed by atoms with Crippen LogP contribution in [0.25, 0.3) is 0 Å². The molecule has 0 radical (unpaired) electrons. The van der Waals surface area contributed by atoms with E-state index in [4.69, 9.17) is 6.85 Å². The van der Waals surface area contributed by atoms with Gasteiger partial charge in [-0.2, -0.15) is 5.10 Å². The van der Waals surface area contributed by atoms with Crippen LogP contribution in [0.4, 0.5) is 0 Å². The first-order valence-corrected chi connectivity index (χ1v) is 3.84. The molecule has 4 nitrogen and oxygen atoms in total. The molecule has 1 rings (SSSR count). The van der Waals surface area contributed by atoms with Crippen molar-refractivity contribution in [3.8, 4) is 0 Å².